The van der Waals surface area contributed by atoms with E-state index in [0.29, 0.717) is 11.1 Å². The van der Waals surface area contributed by atoms with E-state index in [1.54, 1.807) is 11.8 Å². The molecule has 0 spiro atoms. The fraction of sp³-hybridized carbons (Fsp3) is 0.385. The Labute approximate surface area is 111 Å². The number of hydrogen-bond donors (Lipinski definition) is 1. The highest BCUT2D eigenvalue weighted by Gasteiger charge is 2.32. The van der Waals surface area contributed by atoms with Gasteiger partial charge in [-0.3, -0.25) is 10.3 Å². The molecule has 0 aromatic carbocycles. The molecule has 2 bridgehead atoms. The molecule has 2 aliphatic heterocycles. The average molecular weight is 261 g/mol. The lowest BCUT2D eigenvalue weighted by molar-refractivity contribution is 0.0168. The Morgan fingerprint density at radius 2 is 2.39 bits per heavy atom. The molecule has 5 heteroatoms. The first-order valence-electron chi connectivity index (χ1n) is 6.00. The maximum absolute atomic E-state index is 8.20. The Kier molecular flexibility index (Phi) is 2.99. The van der Waals surface area contributed by atoms with Gasteiger partial charge in [0.2, 0.25) is 6.23 Å². The number of nitrogens with zero attached hydrogens (tertiary/aromatic N) is 2. The molecule has 1 aliphatic carbocycles. The number of allylic oxidation sites excluding steroid dienone is 5. The SMILES string of the molecule is CC1=NOC(N2C(=N)SCC3C=CC=CC2=C3)C1. The van der Waals surface area contributed by atoms with Crippen LogP contribution in [0.2, 0.25) is 0 Å². The largest absolute Gasteiger partial charge is 0.370 e. The van der Waals surface area contributed by atoms with Crippen molar-refractivity contribution in [2.45, 2.75) is 19.6 Å². The van der Waals surface area contributed by atoms with Crippen LogP contribution in [0.15, 0.2) is 41.2 Å². The first-order valence-corrected chi connectivity index (χ1v) is 6.99. The van der Waals surface area contributed by atoms with E-state index in [2.05, 4.69) is 23.4 Å². The van der Waals surface area contributed by atoms with Crippen LogP contribution in [0.1, 0.15) is 13.3 Å². The third kappa shape index (κ3) is 2.10. The van der Waals surface area contributed by atoms with Gasteiger partial charge in [-0.2, -0.15) is 0 Å². The van der Waals surface area contributed by atoms with Gasteiger partial charge in [-0.25, -0.2) is 0 Å². The quantitative estimate of drug-likeness (QED) is 0.789. The Balaban J connectivity index is 1.90. The zero-order valence-corrected chi connectivity index (χ0v) is 11.0. The van der Waals surface area contributed by atoms with Crippen LogP contribution >= 0.6 is 11.8 Å². The Bertz CT molecular complexity index is 492. The fourth-order valence-electron chi connectivity index (χ4n) is 2.23. The molecule has 3 aliphatic rings. The molecule has 0 amide bonds. The van der Waals surface area contributed by atoms with E-state index < -0.39 is 0 Å². The lowest BCUT2D eigenvalue weighted by atomic mass is 10.1. The molecule has 0 saturated heterocycles. The van der Waals surface area contributed by atoms with Crippen molar-refractivity contribution >= 4 is 22.6 Å². The second kappa shape index (κ2) is 4.65. The first-order chi connectivity index (χ1) is 8.74. The molecule has 18 heavy (non-hydrogen) atoms. The zero-order valence-electron chi connectivity index (χ0n) is 10.2. The minimum absolute atomic E-state index is 0.169. The number of thioether (sulfide) groups is 1. The molecule has 1 N–H and O–H groups in total. The summed E-state index contributed by atoms with van der Waals surface area (Å²) in [5.41, 5.74) is 2.02. The van der Waals surface area contributed by atoms with Gasteiger partial charge in [-0.15, -0.1) is 0 Å². The number of amidine groups is 1. The van der Waals surface area contributed by atoms with Gasteiger partial charge >= 0.3 is 0 Å². The number of oxime groups is 1. The molecule has 0 saturated carbocycles. The van der Waals surface area contributed by atoms with Crippen molar-refractivity contribution in [1.82, 2.24) is 4.90 Å². The summed E-state index contributed by atoms with van der Waals surface area (Å²) in [6.45, 7) is 1.95. The Morgan fingerprint density at radius 1 is 1.50 bits per heavy atom. The zero-order chi connectivity index (χ0) is 12.5. The topological polar surface area (TPSA) is 48.7 Å². The van der Waals surface area contributed by atoms with Crippen LogP contribution in [0.4, 0.5) is 0 Å². The smallest absolute Gasteiger partial charge is 0.211 e. The molecule has 94 valence electrons. The van der Waals surface area contributed by atoms with Crippen molar-refractivity contribution in [2.75, 3.05) is 5.75 Å². The second-order valence-corrected chi connectivity index (χ2v) is 5.59. The molecule has 3 rings (SSSR count). The maximum Gasteiger partial charge on any atom is 0.211 e. The van der Waals surface area contributed by atoms with Gasteiger partial charge in [0.1, 0.15) is 0 Å². The van der Waals surface area contributed by atoms with Crippen molar-refractivity contribution < 1.29 is 4.84 Å². The van der Waals surface area contributed by atoms with Gasteiger partial charge in [0.05, 0.1) is 5.71 Å². The number of rotatable bonds is 1. The number of hydrogen-bond acceptors (Lipinski definition) is 4. The van der Waals surface area contributed by atoms with Crippen LogP contribution in [-0.4, -0.2) is 27.8 Å². The molecular weight excluding hydrogens is 246 g/mol. The number of nitrogens with one attached hydrogen (secondary N) is 1. The molecule has 4 nitrogen and oxygen atoms in total. The highest BCUT2D eigenvalue weighted by Crippen LogP contribution is 2.31. The highest BCUT2D eigenvalue weighted by molar-refractivity contribution is 8.13. The highest BCUT2D eigenvalue weighted by atomic mass is 32.2. The molecule has 0 fully saturated rings. The van der Waals surface area contributed by atoms with E-state index in [1.807, 2.05) is 24.0 Å². The molecular formula is C13H15N3OS. The second-order valence-electron chi connectivity index (χ2n) is 4.58. The van der Waals surface area contributed by atoms with E-state index in [-0.39, 0.29) is 6.23 Å². The first kappa shape index (κ1) is 11.6. The van der Waals surface area contributed by atoms with Crippen LogP contribution < -0.4 is 0 Å². The third-order valence-electron chi connectivity index (χ3n) is 3.12. The van der Waals surface area contributed by atoms with E-state index in [4.69, 9.17) is 10.2 Å². The van der Waals surface area contributed by atoms with Gasteiger partial charge in [0.25, 0.3) is 0 Å². The minimum atomic E-state index is -0.169. The van der Waals surface area contributed by atoms with Gasteiger partial charge in [0, 0.05) is 23.8 Å². The molecule has 2 heterocycles. The van der Waals surface area contributed by atoms with Gasteiger partial charge in [0.15, 0.2) is 5.17 Å². The van der Waals surface area contributed by atoms with Crippen molar-refractivity contribution in [3.8, 4) is 0 Å². The summed E-state index contributed by atoms with van der Waals surface area (Å²) in [5, 5.41) is 12.7. The van der Waals surface area contributed by atoms with E-state index in [1.165, 1.54) is 0 Å². The molecule has 0 aromatic heterocycles. The Hall–Kier alpha value is -1.49. The summed E-state index contributed by atoms with van der Waals surface area (Å²) in [6, 6.07) is 0. The van der Waals surface area contributed by atoms with E-state index in [9.17, 15) is 0 Å². The third-order valence-corrected chi connectivity index (χ3v) is 4.14. The van der Waals surface area contributed by atoms with Crippen LogP contribution in [0.25, 0.3) is 0 Å². The van der Waals surface area contributed by atoms with E-state index in [0.717, 1.165) is 23.6 Å². The molecule has 0 radical (unpaired) electrons. The predicted octanol–water partition coefficient (Wildman–Crippen LogP) is 2.72. The van der Waals surface area contributed by atoms with Crippen LogP contribution in [-0.2, 0) is 4.84 Å². The lowest BCUT2D eigenvalue weighted by Crippen LogP contribution is -2.37. The summed E-state index contributed by atoms with van der Waals surface area (Å²) >= 11 is 1.56. The average Bonchev–Trinajstić information content (AvgIpc) is 2.58. The van der Waals surface area contributed by atoms with Crippen molar-refractivity contribution in [3.63, 3.8) is 0 Å². The summed E-state index contributed by atoms with van der Waals surface area (Å²) < 4.78 is 0. The summed E-state index contributed by atoms with van der Waals surface area (Å²) in [6.07, 6.45) is 11.1. The molecule has 2 atom stereocenters. The van der Waals surface area contributed by atoms with Crippen molar-refractivity contribution in [1.29, 1.82) is 5.41 Å². The number of fused-ring (bicyclic) bond motifs is 1. The monoisotopic (exact) mass is 261 g/mol. The van der Waals surface area contributed by atoms with Crippen LogP contribution in [0.3, 0.4) is 0 Å². The van der Waals surface area contributed by atoms with Gasteiger partial charge in [-0.1, -0.05) is 41.2 Å². The summed E-state index contributed by atoms with van der Waals surface area (Å²) in [4.78, 5) is 7.37. The van der Waals surface area contributed by atoms with Crippen LogP contribution in [0, 0.1) is 11.3 Å². The lowest BCUT2D eigenvalue weighted by Gasteiger charge is -2.28. The standard InChI is InChI=1S/C13H15N3OS/c1-9-6-12(17-15-9)16-11-5-3-2-4-10(7-11)8-18-13(16)14/h2-5,7,10,12,14H,6,8H2,1H3. The van der Waals surface area contributed by atoms with Crippen molar-refractivity contribution in [2.24, 2.45) is 11.1 Å². The normalized spacial score (nSPS) is 30.5. The molecule has 2 unspecified atom stereocenters. The van der Waals surface area contributed by atoms with Gasteiger partial charge < -0.3 is 4.84 Å². The summed E-state index contributed by atoms with van der Waals surface area (Å²) in [7, 11) is 0. The minimum Gasteiger partial charge on any atom is -0.370 e. The summed E-state index contributed by atoms with van der Waals surface area (Å²) in [5.74, 6) is 1.29. The van der Waals surface area contributed by atoms with E-state index >= 15 is 0 Å². The Morgan fingerprint density at radius 3 is 3.17 bits per heavy atom. The van der Waals surface area contributed by atoms with Crippen LogP contribution in [0.5, 0.6) is 0 Å². The fourth-order valence-corrected chi connectivity index (χ4v) is 3.15. The molecule has 0 aromatic rings. The predicted molar refractivity (Wildman–Crippen MR) is 74.5 cm³/mol. The van der Waals surface area contributed by atoms with Gasteiger partial charge in [-0.05, 0) is 13.0 Å². The van der Waals surface area contributed by atoms with Crippen molar-refractivity contribution in [3.05, 3.63) is 36.1 Å². The maximum atomic E-state index is 8.20.